The van der Waals surface area contributed by atoms with Gasteiger partial charge in [0.1, 0.15) is 5.92 Å². The summed E-state index contributed by atoms with van der Waals surface area (Å²) in [6.07, 6.45) is 0.269. The Morgan fingerprint density at radius 1 is 1.31 bits per heavy atom. The molecule has 0 aliphatic carbocycles. The number of benzene rings is 1. The molecule has 2 unspecified atom stereocenters. The predicted molar refractivity (Wildman–Crippen MR) is 98.1 cm³/mol. The van der Waals surface area contributed by atoms with E-state index in [1.165, 1.54) is 19.2 Å². The minimum atomic E-state index is -0.943. The summed E-state index contributed by atoms with van der Waals surface area (Å²) in [6.45, 7) is 3.27. The molecule has 26 heavy (non-hydrogen) atoms. The van der Waals surface area contributed by atoms with Crippen LogP contribution in [0.2, 0.25) is 0 Å². The smallest absolute Gasteiger partial charge is 0.336 e. The van der Waals surface area contributed by atoms with Crippen molar-refractivity contribution in [3.05, 3.63) is 51.2 Å². The summed E-state index contributed by atoms with van der Waals surface area (Å²) in [7, 11) is 1.88. The Kier molecular flexibility index (Phi) is 6.04. The van der Waals surface area contributed by atoms with E-state index in [4.69, 9.17) is 9.47 Å². The van der Waals surface area contributed by atoms with E-state index in [0.717, 1.165) is 0 Å². The Hall–Kier alpha value is -2.81. The molecule has 1 aromatic carbocycles. The number of allylic oxidation sites excluding steroid dienone is 1. The average Bonchev–Trinajstić information content (AvgIpc) is 2.60. The van der Waals surface area contributed by atoms with Gasteiger partial charge < -0.3 is 9.47 Å². The highest BCUT2D eigenvalue weighted by Gasteiger charge is 2.44. The number of esters is 2. The van der Waals surface area contributed by atoms with E-state index in [9.17, 15) is 19.7 Å². The van der Waals surface area contributed by atoms with E-state index in [2.05, 4.69) is 4.99 Å². The fourth-order valence-electron chi connectivity index (χ4n) is 3.20. The predicted octanol–water partition coefficient (Wildman–Crippen LogP) is 1.08. The molecule has 0 saturated carbocycles. The molecule has 1 aliphatic heterocycles. The molecule has 0 saturated heterocycles. The van der Waals surface area contributed by atoms with Crippen molar-refractivity contribution in [3.63, 3.8) is 0 Å². The zero-order valence-corrected chi connectivity index (χ0v) is 17.0. The molecule has 9 heteroatoms. The molecule has 1 heterocycles. The molecule has 0 amide bonds. The van der Waals surface area contributed by atoms with Gasteiger partial charge in [0.2, 0.25) is 0 Å². The number of nitro groups is 1. The third-order valence-corrected chi connectivity index (χ3v) is 4.54. The van der Waals surface area contributed by atoms with Gasteiger partial charge in [0, 0.05) is 29.0 Å². The summed E-state index contributed by atoms with van der Waals surface area (Å²) in [5.74, 6) is -3.08. The van der Waals surface area contributed by atoms with Crippen LogP contribution in [-0.2, 0) is 19.1 Å². The van der Waals surface area contributed by atoms with Crippen LogP contribution in [0.1, 0.15) is 25.3 Å². The summed E-state index contributed by atoms with van der Waals surface area (Å²) in [6, 6.07) is 6.04. The summed E-state index contributed by atoms with van der Waals surface area (Å²) >= 11 is 0. The number of aliphatic imine (C=N–C) groups is 1. The van der Waals surface area contributed by atoms with Crippen LogP contribution in [0.3, 0.4) is 0 Å². The van der Waals surface area contributed by atoms with Crippen molar-refractivity contribution in [1.29, 1.82) is 0 Å². The van der Waals surface area contributed by atoms with E-state index in [0.29, 0.717) is 21.7 Å². The first-order valence-corrected chi connectivity index (χ1v) is 9.49. The number of para-hydroxylation sites is 1. The van der Waals surface area contributed by atoms with Crippen LogP contribution >= 0.6 is 0 Å². The molecule has 2 rings (SSSR count). The number of carbonyl (C=O) groups excluding carboxylic acids is 2. The van der Waals surface area contributed by atoms with Gasteiger partial charge in [-0.2, -0.15) is 0 Å². The molecule has 138 valence electrons. The lowest BCUT2D eigenvalue weighted by molar-refractivity contribution is -0.385. The molecule has 8 nitrogen and oxygen atoms in total. The van der Waals surface area contributed by atoms with Crippen molar-refractivity contribution in [1.82, 2.24) is 0 Å². The first kappa shape index (κ1) is 19.5. The number of nitrogens with zero attached hydrogens (tertiary/aromatic N) is 2. The Morgan fingerprint density at radius 3 is 2.54 bits per heavy atom. The van der Waals surface area contributed by atoms with Gasteiger partial charge in [0.05, 0.1) is 34.1 Å². The van der Waals surface area contributed by atoms with Crippen LogP contribution in [0.25, 0.3) is 0 Å². The van der Waals surface area contributed by atoms with E-state index >= 15 is 0 Å². The fourth-order valence-corrected chi connectivity index (χ4v) is 3.46. The number of carbonyl (C=O) groups is 2. The van der Waals surface area contributed by atoms with Crippen molar-refractivity contribution in [3.8, 4) is 0 Å². The zero-order chi connectivity index (χ0) is 19.4. The summed E-state index contributed by atoms with van der Waals surface area (Å²) in [5, 5.41) is 11.5. The molecular weight excluding hydrogens is 356 g/mol. The normalized spacial score (nSPS) is 19.7. The molecule has 1 aliphatic rings. The van der Waals surface area contributed by atoms with Crippen molar-refractivity contribution in [2.75, 3.05) is 13.3 Å². The van der Waals surface area contributed by atoms with Crippen molar-refractivity contribution in [2.45, 2.75) is 19.8 Å². The van der Waals surface area contributed by atoms with Crippen LogP contribution in [0.4, 0.5) is 5.69 Å². The van der Waals surface area contributed by atoms with Gasteiger partial charge in [-0.05, 0) is 13.8 Å². The van der Waals surface area contributed by atoms with E-state index in [1.807, 2.05) is 0 Å². The molecule has 0 spiro atoms. The first-order valence-electron chi connectivity index (χ1n) is 8.07. The highest BCUT2D eigenvalue weighted by molar-refractivity contribution is 6.10. The van der Waals surface area contributed by atoms with Crippen molar-refractivity contribution >= 4 is 33.6 Å². The highest BCUT2D eigenvalue weighted by Crippen LogP contribution is 2.43. The average molecular weight is 376 g/mol. The largest absolute Gasteiger partial charge is 0.468 e. The maximum atomic E-state index is 12.6. The Morgan fingerprint density at radius 2 is 1.96 bits per heavy atom. The lowest BCUT2D eigenvalue weighted by Crippen LogP contribution is -2.36. The van der Waals surface area contributed by atoms with E-state index in [1.54, 1.807) is 26.0 Å². The zero-order valence-electron chi connectivity index (χ0n) is 15.0. The van der Waals surface area contributed by atoms with Crippen LogP contribution in [0.15, 0.2) is 40.5 Å². The molecular formula is C17H20N2O6Si. The topological polar surface area (TPSA) is 108 Å². The number of ether oxygens (including phenoxy) is 2. The lowest BCUT2D eigenvalue weighted by atomic mass is 9.75. The van der Waals surface area contributed by atoms with Crippen LogP contribution in [0, 0.1) is 16.0 Å². The maximum Gasteiger partial charge on any atom is 0.336 e. The fraction of sp³-hybridized carbons (Fsp3) is 0.353. The lowest BCUT2D eigenvalue weighted by Gasteiger charge is -2.30. The van der Waals surface area contributed by atoms with Crippen LogP contribution < -0.4 is 0 Å². The van der Waals surface area contributed by atoms with Gasteiger partial charge >= 0.3 is 11.9 Å². The summed E-state index contributed by atoms with van der Waals surface area (Å²) in [5.41, 5.74) is 1.04. The molecule has 1 aromatic rings. The van der Waals surface area contributed by atoms with Crippen molar-refractivity contribution in [2.24, 2.45) is 10.9 Å². The van der Waals surface area contributed by atoms with E-state index < -0.39 is 28.7 Å². The maximum absolute atomic E-state index is 12.6. The van der Waals surface area contributed by atoms with Gasteiger partial charge in [0.25, 0.3) is 5.69 Å². The molecule has 0 fully saturated rings. The third-order valence-electron chi connectivity index (χ3n) is 4.25. The quantitative estimate of drug-likeness (QED) is 0.329. The van der Waals surface area contributed by atoms with Gasteiger partial charge in [-0.3, -0.25) is 19.9 Å². The number of hydrogen-bond acceptors (Lipinski definition) is 7. The number of methoxy groups -OCH3 is 1. The molecule has 0 bridgehead atoms. The molecule has 0 N–H and O–H groups in total. The molecule has 2 atom stereocenters. The highest BCUT2D eigenvalue weighted by atomic mass is 28.1. The van der Waals surface area contributed by atoms with Crippen LogP contribution in [-0.4, -0.2) is 46.2 Å². The number of rotatable bonds is 5. The second kappa shape index (κ2) is 8.04. The van der Waals surface area contributed by atoms with Crippen molar-refractivity contribution < 1.29 is 24.0 Å². The molecule has 0 radical (unpaired) electrons. The minimum Gasteiger partial charge on any atom is -0.468 e. The standard InChI is InChI=1S/C17H20N2O6Si/c1-9-13(16(20)24-3)15(11-6-4-5-7-12(11)19(22)23)14(10(2)18-9)17(21)25-8-26/h4-7,13,15H,8H2,1-3,26H3. The Balaban J connectivity index is 2.76. The number of hydrogen-bond donors (Lipinski definition) is 0. The van der Waals surface area contributed by atoms with Gasteiger partial charge in [-0.25, -0.2) is 4.79 Å². The molecule has 0 aromatic heterocycles. The number of nitro benzene ring substituents is 1. The third kappa shape index (κ3) is 3.57. The monoisotopic (exact) mass is 376 g/mol. The summed E-state index contributed by atoms with van der Waals surface area (Å²) < 4.78 is 10.1. The van der Waals surface area contributed by atoms with Gasteiger partial charge in [-0.15, -0.1) is 0 Å². The second-order valence-electron chi connectivity index (χ2n) is 5.77. The first-order chi connectivity index (χ1) is 12.3. The minimum absolute atomic E-state index is 0.149. The second-order valence-corrected chi connectivity index (χ2v) is 6.34. The van der Waals surface area contributed by atoms with Gasteiger partial charge in [-0.1, -0.05) is 18.2 Å². The SMILES string of the molecule is COC(=O)C1C(C)=NC(C)=C(C(=O)OC[SiH3])C1c1ccccc1[N+](=O)[O-]. The summed E-state index contributed by atoms with van der Waals surface area (Å²) in [4.78, 5) is 40.3. The van der Waals surface area contributed by atoms with Gasteiger partial charge in [0.15, 0.2) is 0 Å². The Bertz CT molecular complexity index is 817. The van der Waals surface area contributed by atoms with E-state index in [-0.39, 0.29) is 23.1 Å². The van der Waals surface area contributed by atoms with Crippen LogP contribution in [0.5, 0.6) is 0 Å². The Labute approximate surface area is 153 Å².